The molecule has 2 aromatic carbocycles. The lowest BCUT2D eigenvalue weighted by molar-refractivity contribution is -0.144. The molecule has 45 heavy (non-hydrogen) atoms. The average molecular weight is 635 g/mol. The van der Waals surface area contributed by atoms with E-state index in [4.69, 9.17) is 28.5 Å². The Morgan fingerprint density at radius 2 is 1.04 bits per heavy atom. The molecule has 9 heteroatoms. The fourth-order valence-electron chi connectivity index (χ4n) is 7.24. The first-order valence-electron chi connectivity index (χ1n) is 15.9. The molecule has 4 aliphatic rings. The highest BCUT2D eigenvalue weighted by Gasteiger charge is 2.53. The number of esters is 2. The molecule has 6 rings (SSSR count). The standard InChI is InChI=1S/C26H32O4Si.C10H14O4/c1-19(27)28-17-22-23(25-16-15-24(22)30-25)18-29-31(26(2,3)4,20-11-7-5-8-12-20)21-13-9-6-10-14-21;1-6(12)13-5-8-7(4-11)9-2-3-10(8)14-9/h5-16,22-25H,17-18H2,1-4H3;2-3,7-11H,4-5H2,1H3/t22-,23+,24+,25-;7-,8+,9+,10-/m01/s1. The van der Waals surface area contributed by atoms with Gasteiger partial charge in [0, 0.05) is 50.7 Å². The zero-order chi connectivity index (χ0) is 32.2. The number of carbonyl (C=O) groups is 2. The van der Waals surface area contributed by atoms with Crippen molar-refractivity contribution in [1.29, 1.82) is 0 Å². The highest BCUT2D eigenvalue weighted by Crippen LogP contribution is 2.42. The zero-order valence-corrected chi connectivity index (χ0v) is 27.8. The number of benzene rings is 2. The number of hydrogen-bond donors (Lipinski definition) is 1. The van der Waals surface area contributed by atoms with Gasteiger partial charge in [-0.3, -0.25) is 9.59 Å². The van der Waals surface area contributed by atoms with E-state index in [1.807, 2.05) is 12.2 Å². The Balaban J connectivity index is 0.000000238. The summed E-state index contributed by atoms with van der Waals surface area (Å²) < 4.78 is 29.1. The third-order valence-electron chi connectivity index (χ3n) is 9.48. The molecule has 2 saturated heterocycles. The number of aliphatic hydroxyl groups is 1. The van der Waals surface area contributed by atoms with E-state index in [1.165, 1.54) is 24.2 Å². The Morgan fingerprint density at radius 1 is 0.667 bits per heavy atom. The zero-order valence-electron chi connectivity index (χ0n) is 26.8. The molecule has 4 aliphatic heterocycles. The molecule has 0 spiro atoms. The first-order valence-corrected chi connectivity index (χ1v) is 17.8. The Morgan fingerprint density at radius 3 is 1.42 bits per heavy atom. The van der Waals surface area contributed by atoms with Gasteiger partial charge in [0.2, 0.25) is 0 Å². The summed E-state index contributed by atoms with van der Waals surface area (Å²) in [6.45, 7) is 11.1. The molecule has 0 saturated carbocycles. The number of rotatable bonds is 10. The Bertz CT molecular complexity index is 1310. The minimum atomic E-state index is -2.61. The maximum absolute atomic E-state index is 11.4. The number of fused-ring (bicyclic) bond motifs is 4. The first kappa shape index (κ1) is 33.3. The van der Waals surface area contributed by atoms with Gasteiger partial charge in [0.25, 0.3) is 8.32 Å². The molecule has 2 aromatic rings. The van der Waals surface area contributed by atoms with Crippen molar-refractivity contribution < 1.29 is 38.1 Å². The average Bonchev–Trinajstić information content (AvgIpc) is 3.82. The summed E-state index contributed by atoms with van der Waals surface area (Å²) in [5.74, 6) is -0.0665. The molecule has 0 unspecified atom stereocenters. The van der Waals surface area contributed by atoms with Crippen LogP contribution in [0.2, 0.25) is 5.04 Å². The Kier molecular flexibility index (Phi) is 10.5. The fourth-order valence-corrected chi connectivity index (χ4v) is 11.8. The van der Waals surface area contributed by atoms with Crippen LogP contribution in [0.15, 0.2) is 85.0 Å². The van der Waals surface area contributed by atoms with E-state index in [9.17, 15) is 9.59 Å². The van der Waals surface area contributed by atoms with Crippen molar-refractivity contribution >= 4 is 30.6 Å². The number of aliphatic hydroxyl groups excluding tert-OH is 1. The number of carbonyl (C=O) groups excluding carboxylic acids is 2. The van der Waals surface area contributed by atoms with Crippen LogP contribution in [-0.4, -0.2) is 76.2 Å². The summed E-state index contributed by atoms with van der Waals surface area (Å²) in [4.78, 5) is 22.1. The highest BCUT2D eigenvalue weighted by molar-refractivity contribution is 6.99. The van der Waals surface area contributed by atoms with Gasteiger partial charge in [-0.1, -0.05) is 106 Å². The third kappa shape index (κ3) is 7.03. The normalized spacial score (nSPS) is 29.4. The van der Waals surface area contributed by atoms with Gasteiger partial charge in [0.1, 0.15) is 0 Å². The van der Waals surface area contributed by atoms with E-state index in [2.05, 4.69) is 93.6 Å². The van der Waals surface area contributed by atoms with Crippen LogP contribution in [0.4, 0.5) is 0 Å². The van der Waals surface area contributed by atoms with Gasteiger partial charge in [0.05, 0.1) is 37.6 Å². The predicted octanol–water partition coefficient (Wildman–Crippen LogP) is 3.81. The van der Waals surface area contributed by atoms with E-state index in [0.29, 0.717) is 19.8 Å². The molecule has 2 fully saturated rings. The van der Waals surface area contributed by atoms with E-state index >= 15 is 0 Å². The van der Waals surface area contributed by atoms with Crippen molar-refractivity contribution in [2.75, 3.05) is 26.4 Å². The maximum Gasteiger partial charge on any atom is 0.302 e. The van der Waals surface area contributed by atoms with Crippen molar-refractivity contribution in [3.8, 4) is 0 Å². The highest BCUT2D eigenvalue weighted by atomic mass is 28.4. The molecule has 242 valence electrons. The van der Waals surface area contributed by atoms with Gasteiger partial charge < -0.3 is 28.5 Å². The molecule has 4 heterocycles. The second kappa shape index (κ2) is 14.1. The quantitative estimate of drug-likeness (QED) is 0.239. The smallest absolute Gasteiger partial charge is 0.302 e. The molecule has 0 radical (unpaired) electrons. The molecule has 0 amide bonds. The summed E-state index contributed by atoms with van der Waals surface area (Å²) in [6, 6.07) is 21.3. The lowest BCUT2D eigenvalue weighted by Gasteiger charge is -2.44. The van der Waals surface area contributed by atoms with Crippen molar-refractivity contribution in [1.82, 2.24) is 0 Å². The van der Waals surface area contributed by atoms with Crippen molar-refractivity contribution in [3.63, 3.8) is 0 Å². The van der Waals surface area contributed by atoms with Crippen molar-refractivity contribution in [2.24, 2.45) is 23.7 Å². The molecule has 0 aromatic heterocycles. The van der Waals surface area contributed by atoms with Gasteiger partial charge in [-0.05, 0) is 15.4 Å². The van der Waals surface area contributed by atoms with Crippen LogP contribution in [0.3, 0.4) is 0 Å². The number of hydrogen-bond acceptors (Lipinski definition) is 8. The van der Waals surface area contributed by atoms with E-state index in [0.717, 1.165) is 0 Å². The van der Waals surface area contributed by atoms with E-state index in [-0.39, 0.29) is 71.7 Å². The SMILES string of the molecule is CC(=O)OC[C@H]1[C@@H](CO)[C@@H]2C=C[C@H]1O2.CC(=O)OC[C@H]1[C@@H](CO[Si](c2ccccc2)(c2ccccc2)C(C)(C)C)[C@@H]2C=C[C@H]1O2. The van der Waals surface area contributed by atoms with Crippen LogP contribution in [0.25, 0.3) is 0 Å². The summed E-state index contributed by atoms with van der Waals surface area (Å²) in [6.07, 6.45) is 8.20. The maximum atomic E-state index is 11.4. The summed E-state index contributed by atoms with van der Waals surface area (Å²) >= 11 is 0. The van der Waals surface area contributed by atoms with Gasteiger partial charge in [-0.25, -0.2) is 0 Å². The molecule has 4 bridgehead atoms. The first-order chi connectivity index (χ1) is 21.5. The van der Waals surface area contributed by atoms with Crippen LogP contribution in [0, 0.1) is 23.7 Å². The van der Waals surface area contributed by atoms with Crippen LogP contribution in [0.1, 0.15) is 34.6 Å². The van der Waals surface area contributed by atoms with Crippen molar-refractivity contribution in [2.45, 2.75) is 64.1 Å². The minimum Gasteiger partial charge on any atom is -0.465 e. The van der Waals surface area contributed by atoms with E-state index in [1.54, 1.807) is 0 Å². The summed E-state index contributed by atoms with van der Waals surface area (Å²) in [5.41, 5.74) is 0. The van der Waals surface area contributed by atoms with Crippen LogP contribution in [-0.2, 0) is 33.0 Å². The summed E-state index contributed by atoms with van der Waals surface area (Å²) in [7, 11) is -2.61. The molecule has 8 atom stereocenters. The molecule has 1 N–H and O–H groups in total. The largest absolute Gasteiger partial charge is 0.465 e. The van der Waals surface area contributed by atoms with Gasteiger partial charge in [-0.2, -0.15) is 0 Å². The van der Waals surface area contributed by atoms with Crippen molar-refractivity contribution in [3.05, 3.63) is 85.0 Å². The molecular weight excluding hydrogens is 588 g/mol. The van der Waals surface area contributed by atoms with E-state index < -0.39 is 8.32 Å². The van der Waals surface area contributed by atoms with Gasteiger partial charge in [0.15, 0.2) is 0 Å². The second-order valence-corrected chi connectivity index (χ2v) is 17.6. The van der Waals surface area contributed by atoms with Gasteiger partial charge >= 0.3 is 11.9 Å². The lowest BCUT2D eigenvalue weighted by atomic mass is 9.84. The minimum absolute atomic E-state index is 0.00268. The molecule has 8 nitrogen and oxygen atoms in total. The van der Waals surface area contributed by atoms with Crippen LogP contribution < -0.4 is 10.4 Å². The topological polar surface area (TPSA) is 101 Å². The van der Waals surface area contributed by atoms with Gasteiger partial charge in [-0.15, -0.1) is 0 Å². The van der Waals surface area contributed by atoms with Crippen LogP contribution in [0.5, 0.6) is 0 Å². The molecular formula is C36H46O8Si. The third-order valence-corrected chi connectivity index (χ3v) is 14.5. The monoisotopic (exact) mass is 634 g/mol. The molecule has 0 aliphatic carbocycles. The number of ether oxygens (including phenoxy) is 4. The summed E-state index contributed by atoms with van der Waals surface area (Å²) in [5, 5.41) is 11.6. The van der Waals surface area contributed by atoms with Crippen LogP contribution >= 0.6 is 0 Å². The second-order valence-electron chi connectivity index (χ2n) is 13.3. The Labute approximate surface area is 267 Å². The Hall–Kier alpha value is -3.08. The predicted molar refractivity (Wildman–Crippen MR) is 173 cm³/mol. The lowest BCUT2D eigenvalue weighted by Crippen LogP contribution is -2.67. The fraction of sp³-hybridized carbons (Fsp3) is 0.500.